The maximum atomic E-state index is 5.65. The first kappa shape index (κ1) is 9.46. The molecule has 0 fully saturated rings. The largest absolute Gasteiger partial charge is 0.493 e. The van der Waals surface area contributed by atoms with Crippen LogP contribution in [0.3, 0.4) is 0 Å². The summed E-state index contributed by atoms with van der Waals surface area (Å²) in [5, 5.41) is 4.41. The van der Waals surface area contributed by atoms with Gasteiger partial charge in [0.25, 0.3) is 0 Å². The molecule has 0 saturated carbocycles. The average Bonchev–Trinajstić information content (AvgIpc) is 2.87. The lowest BCUT2D eigenvalue weighted by molar-refractivity contribution is 0.315. The summed E-state index contributed by atoms with van der Waals surface area (Å²) >= 11 is 0. The van der Waals surface area contributed by atoms with Crippen LogP contribution in [0.4, 0.5) is 0 Å². The van der Waals surface area contributed by atoms with Gasteiger partial charge in [0.15, 0.2) is 0 Å². The fraction of sp³-hybridized carbons (Fsp3) is 0.308. The van der Waals surface area contributed by atoms with Gasteiger partial charge in [-0.25, -0.2) is 0 Å². The fourth-order valence-corrected chi connectivity index (χ4v) is 2.17. The molecule has 3 nitrogen and oxygen atoms in total. The lowest BCUT2D eigenvalue weighted by Gasteiger charge is -2.08. The molecule has 0 saturated heterocycles. The molecule has 1 unspecified atom stereocenters. The summed E-state index contributed by atoms with van der Waals surface area (Å²) < 4.78 is 7.64. The topological polar surface area (TPSA) is 27.1 Å². The van der Waals surface area contributed by atoms with E-state index in [1.807, 2.05) is 36.0 Å². The number of fused-ring (bicyclic) bond motifs is 1. The fourth-order valence-electron chi connectivity index (χ4n) is 2.17. The van der Waals surface area contributed by atoms with Crippen molar-refractivity contribution in [3.8, 4) is 5.75 Å². The third-order valence-corrected chi connectivity index (χ3v) is 2.98. The first-order valence-electron chi connectivity index (χ1n) is 5.55. The van der Waals surface area contributed by atoms with Gasteiger partial charge in [-0.05, 0) is 19.1 Å². The van der Waals surface area contributed by atoms with Crippen molar-refractivity contribution < 1.29 is 4.74 Å². The van der Waals surface area contributed by atoms with E-state index in [2.05, 4.69) is 17.2 Å². The maximum absolute atomic E-state index is 5.65. The molecule has 3 rings (SSSR count). The molecule has 16 heavy (non-hydrogen) atoms. The highest BCUT2D eigenvalue weighted by atomic mass is 16.5. The van der Waals surface area contributed by atoms with Crippen LogP contribution < -0.4 is 4.74 Å². The van der Waals surface area contributed by atoms with E-state index in [1.54, 1.807) is 0 Å². The minimum Gasteiger partial charge on any atom is -0.493 e. The highest BCUT2D eigenvalue weighted by Gasteiger charge is 2.23. The third kappa shape index (κ3) is 1.58. The minimum atomic E-state index is 0.426. The van der Waals surface area contributed by atoms with Gasteiger partial charge in [-0.1, -0.05) is 18.2 Å². The first-order chi connectivity index (χ1) is 7.83. The Morgan fingerprint density at radius 2 is 2.25 bits per heavy atom. The summed E-state index contributed by atoms with van der Waals surface area (Å²) in [6.45, 7) is 3.67. The van der Waals surface area contributed by atoms with E-state index in [9.17, 15) is 0 Å². The van der Waals surface area contributed by atoms with Crippen LogP contribution in [-0.2, 0) is 6.54 Å². The van der Waals surface area contributed by atoms with Crippen LogP contribution in [0.25, 0.3) is 0 Å². The number of para-hydroxylation sites is 1. The van der Waals surface area contributed by atoms with Gasteiger partial charge in [0.1, 0.15) is 5.75 Å². The summed E-state index contributed by atoms with van der Waals surface area (Å²) in [6, 6.07) is 10.3. The number of hydrogen-bond donors (Lipinski definition) is 0. The predicted octanol–water partition coefficient (Wildman–Crippen LogP) is 2.37. The van der Waals surface area contributed by atoms with E-state index >= 15 is 0 Å². The standard InChI is InChI=1S/C13H14N2O/c1-10-6-7-15(14-10)8-11-9-16-13-5-3-2-4-12(11)13/h2-7,11H,8-9H2,1H3. The number of ether oxygens (including phenoxy) is 1. The number of aromatic nitrogens is 2. The molecular formula is C13H14N2O. The Morgan fingerprint density at radius 3 is 3.06 bits per heavy atom. The molecule has 0 radical (unpaired) electrons. The highest BCUT2D eigenvalue weighted by Crippen LogP contribution is 2.34. The molecule has 3 heteroatoms. The van der Waals surface area contributed by atoms with E-state index in [0.717, 1.165) is 24.6 Å². The van der Waals surface area contributed by atoms with Crippen molar-refractivity contribution in [2.45, 2.75) is 19.4 Å². The van der Waals surface area contributed by atoms with Crippen molar-refractivity contribution in [2.24, 2.45) is 0 Å². The van der Waals surface area contributed by atoms with Gasteiger partial charge in [-0.15, -0.1) is 0 Å². The molecule has 0 amide bonds. The van der Waals surface area contributed by atoms with Crippen molar-refractivity contribution in [3.05, 3.63) is 47.8 Å². The highest BCUT2D eigenvalue weighted by molar-refractivity contribution is 5.39. The lowest BCUT2D eigenvalue weighted by atomic mass is 10.0. The Kier molecular flexibility index (Phi) is 2.17. The van der Waals surface area contributed by atoms with Gasteiger partial charge < -0.3 is 4.74 Å². The van der Waals surface area contributed by atoms with Crippen LogP contribution in [0.2, 0.25) is 0 Å². The molecule has 82 valence electrons. The van der Waals surface area contributed by atoms with Gasteiger partial charge in [-0.2, -0.15) is 5.10 Å². The lowest BCUT2D eigenvalue weighted by Crippen LogP contribution is -2.11. The van der Waals surface area contributed by atoms with E-state index in [1.165, 1.54) is 5.56 Å². The Hall–Kier alpha value is -1.77. The van der Waals surface area contributed by atoms with E-state index in [0.29, 0.717) is 5.92 Å². The number of rotatable bonds is 2. The maximum Gasteiger partial charge on any atom is 0.122 e. The zero-order valence-corrected chi connectivity index (χ0v) is 9.26. The van der Waals surface area contributed by atoms with E-state index in [4.69, 9.17) is 4.74 Å². The van der Waals surface area contributed by atoms with Gasteiger partial charge in [-0.3, -0.25) is 4.68 Å². The normalized spacial score (nSPS) is 18.2. The first-order valence-corrected chi connectivity index (χ1v) is 5.55. The quantitative estimate of drug-likeness (QED) is 0.767. The SMILES string of the molecule is Cc1ccn(CC2COc3ccccc32)n1. The van der Waals surface area contributed by atoms with Crippen LogP contribution in [-0.4, -0.2) is 16.4 Å². The van der Waals surface area contributed by atoms with Gasteiger partial charge in [0.05, 0.1) is 18.8 Å². The molecule has 2 aromatic rings. The second-order valence-electron chi connectivity index (χ2n) is 4.22. The van der Waals surface area contributed by atoms with Crippen molar-refractivity contribution in [2.75, 3.05) is 6.61 Å². The number of nitrogens with zero attached hydrogens (tertiary/aromatic N) is 2. The molecule has 0 N–H and O–H groups in total. The molecule has 1 aromatic carbocycles. The molecule has 1 aliphatic heterocycles. The number of hydrogen-bond acceptors (Lipinski definition) is 2. The third-order valence-electron chi connectivity index (χ3n) is 2.98. The summed E-state index contributed by atoms with van der Waals surface area (Å²) in [4.78, 5) is 0. The van der Waals surface area contributed by atoms with Crippen molar-refractivity contribution >= 4 is 0 Å². The van der Waals surface area contributed by atoms with E-state index < -0.39 is 0 Å². The molecule has 2 heterocycles. The Morgan fingerprint density at radius 1 is 1.38 bits per heavy atom. The average molecular weight is 214 g/mol. The van der Waals surface area contributed by atoms with Crippen LogP contribution in [0.1, 0.15) is 17.2 Å². The van der Waals surface area contributed by atoms with Crippen LogP contribution >= 0.6 is 0 Å². The monoisotopic (exact) mass is 214 g/mol. The number of benzene rings is 1. The van der Waals surface area contributed by atoms with Gasteiger partial charge in [0.2, 0.25) is 0 Å². The predicted molar refractivity (Wildman–Crippen MR) is 61.6 cm³/mol. The summed E-state index contributed by atoms with van der Waals surface area (Å²) in [7, 11) is 0. The van der Waals surface area contributed by atoms with Crippen molar-refractivity contribution in [3.63, 3.8) is 0 Å². The molecular weight excluding hydrogens is 200 g/mol. The molecule has 0 bridgehead atoms. The van der Waals surface area contributed by atoms with E-state index in [-0.39, 0.29) is 0 Å². The van der Waals surface area contributed by atoms with Crippen molar-refractivity contribution in [1.29, 1.82) is 0 Å². The Labute approximate surface area is 94.7 Å². The molecule has 0 aliphatic carbocycles. The summed E-state index contributed by atoms with van der Waals surface area (Å²) in [5.41, 5.74) is 2.36. The smallest absolute Gasteiger partial charge is 0.122 e. The minimum absolute atomic E-state index is 0.426. The Bertz CT molecular complexity index is 504. The molecule has 1 atom stereocenters. The molecule has 0 spiro atoms. The summed E-state index contributed by atoms with van der Waals surface area (Å²) in [6.07, 6.45) is 2.02. The zero-order valence-electron chi connectivity index (χ0n) is 9.26. The van der Waals surface area contributed by atoms with Crippen LogP contribution in [0.5, 0.6) is 5.75 Å². The second-order valence-corrected chi connectivity index (χ2v) is 4.22. The van der Waals surface area contributed by atoms with Crippen molar-refractivity contribution in [1.82, 2.24) is 9.78 Å². The van der Waals surface area contributed by atoms with Gasteiger partial charge in [0, 0.05) is 17.7 Å². The number of aryl methyl sites for hydroxylation is 1. The molecule has 1 aliphatic rings. The van der Waals surface area contributed by atoms with Gasteiger partial charge >= 0.3 is 0 Å². The van der Waals surface area contributed by atoms with Crippen LogP contribution in [0, 0.1) is 6.92 Å². The van der Waals surface area contributed by atoms with Crippen LogP contribution in [0.15, 0.2) is 36.5 Å². The summed E-state index contributed by atoms with van der Waals surface area (Å²) in [5.74, 6) is 1.45. The zero-order chi connectivity index (χ0) is 11.0. The molecule has 1 aromatic heterocycles. The Balaban J connectivity index is 1.83. The second kappa shape index (κ2) is 3.67.